The van der Waals surface area contributed by atoms with E-state index in [0.29, 0.717) is 11.1 Å². The predicted octanol–water partition coefficient (Wildman–Crippen LogP) is 2.59. The van der Waals surface area contributed by atoms with Crippen molar-refractivity contribution in [2.75, 3.05) is 5.73 Å². The first-order valence-corrected chi connectivity index (χ1v) is 5.59. The minimum Gasteiger partial charge on any atom is -0.399 e. The second kappa shape index (κ2) is 5.12. The Labute approximate surface area is 115 Å². The topological polar surface area (TPSA) is 71.8 Å². The van der Waals surface area contributed by atoms with E-state index in [4.69, 9.17) is 5.73 Å². The fourth-order valence-corrected chi connectivity index (χ4v) is 2.02. The summed E-state index contributed by atoms with van der Waals surface area (Å²) in [5, 5.41) is 8.09. The molecule has 0 atom stereocenters. The zero-order valence-electron chi connectivity index (χ0n) is 9.96. The van der Waals surface area contributed by atoms with Gasteiger partial charge in [-0.05, 0) is 18.2 Å². The number of benzene rings is 2. The third-order valence-electron chi connectivity index (χ3n) is 2.86. The van der Waals surface area contributed by atoms with E-state index in [1.807, 2.05) is 42.5 Å². The summed E-state index contributed by atoms with van der Waals surface area (Å²) in [4.78, 5) is 11.7. The molecule has 0 aliphatic carbocycles. The fourth-order valence-electron chi connectivity index (χ4n) is 2.02. The largest absolute Gasteiger partial charge is 0.399 e. The fraction of sp³-hybridized carbons (Fsp3) is 0. The summed E-state index contributed by atoms with van der Waals surface area (Å²) < 4.78 is 0. The van der Waals surface area contributed by atoms with Gasteiger partial charge in [-0.1, -0.05) is 30.3 Å². The number of aromatic amines is 1. The normalized spacial score (nSPS) is 10.1. The molecule has 0 aliphatic rings. The number of halogens is 1. The molecule has 0 aliphatic heterocycles. The first kappa shape index (κ1) is 13.1. The maximum absolute atomic E-state index is 11.7. The molecular weight excluding hydrogens is 262 g/mol. The van der Waals surface area contributed by atoms with Crippen LogP contribution in [0.3, 0.4) is 0 Å². The molecule has 0 saturated heterocycles. The highest BCUT2D eigenvalue weighted by Crippen LogP contribution is 2.25. The van der Waals surface area contributed by atoms with E-state index in [9.17, 15) is 4.79 Å². The number of hydrogen-bond donors (Lipinski definition) is 2. The van der Waals surface area contributed by atoms with Gasteiger partial charge in [0.1, 0.15) is 0 Å². The van der Waals surface area contributed by atoms with E-state index >= 15 is 0 Å². The number of fused-ring (bicyclic) bond motifs is 1. The molecule has 96 valence electrons. The molecule has 0 fully saturated rings. The molecule has 1 heterocycles. The zero-order valence-corrected chi connectivity index (χ0v) is 10.8. The number of nitrogens with zero attached hydrogens (tertiary/aromatic N) is 1. The number of H-pyrrole nitrogens is 1. The van der Waals surface area contributed by atoms with Crippen molar-refractivity contribution in [1.29, 1.82) is 0 Å². The van der Waals surface area contributed by atoms with Crippen molar-refractivity contribution in [2.45, 2.75) is 0 Å². The van der Waals surface area contributed by atoms with Gasteiger partial charge in [-0.25, -0.2) is 5.10 Å². The van der Waals surface area contributed by atoms with Gasteiger partial charge in [0.2, 0.25) is 0 Å². The summed E-state index contributed by atoms with van der Waals surface area (Å²) in [6, 6.07) is 14.8. The summed E-state index contributed by atoms with van der Waals surface area (Å²) in [5.41, 5.74) is 7.88. The summed E-state index contributed by atoms with van der Waals surface area (Å²) >= 11 is 0. The van der Waals surface area contributed by atoms with Crippen molar-refractivity contribution in [3.63, 3.8) is 0 Å². The van der Waals surface area contributed by atoms with E-state index < -0.39 is 0 Å². The summed E-state index contributed by atoms with van der Waals surface area (Å²) in [6.45, 7) is 0. The second-order valence-electron chi connectivity index (χ2n) is 4.07. The lowest BCUT2D eigenvalue weighted by Crippen LogP contribution is -2.09. The molecule has 4 nitrogen and oxygen atoms in total. The molecule has 2 aromatic carbocycles. The number of aromatic nitrogens is 2. The van der Waals surface area contributed by atoms with Gasteiger partial charge in [-0.3, -0.25) is 4.79 Å². The minimum atomic E-state index is -0.182. The van der Waals surface area contributed by atoms with Crippen molar-refractivity contribution in [3.05, 3.63) is 58.9 Å². The van der Waals surface area contributed by atoms with E-state index in [1.165, 1.54) is 0 Å². The van der Waals surface area contributed by atoms with Crippen molar-refractivity contribution in [1.82, 2.24) is 10.2 Å². The molecule has 0 saturated carbocycles. The van der Waals surface area contributed by atoms with E-state index in [1.54, 1.807) is 6.07 Å². The zero-order chi connectivity index (χ0) is 12.5. The molecule has 0 amide bonds. The van der Waals surface area contributed by atoms with Gasteiger partial charge in [0, 0.05) is 16.6 Å². The van der Waals surface area contributed by atoms with E-state index in [-0.39, 0.29) is 18.0 Å². The average Bonchev–Trinajstić information content (AvgIpc) is 2.39. The number of anilines is 1. The quantitative estimate of drug-likeness (QED) is 0.670. The number of rotatable bonds is 1. The van der Waals surface area contributed by atoms with Gasteiger partial charge in [0.05, 0.1) is 11.1 Å². The monoisotopic (exact) mass is 273 g/mol. The van der Waals surface area contributed by atoms with Crippen LogP contribution in [0, 0.1) is 0 Å². The third-order valence-corrected chi connectivity index (χ3v) is 2.86. The Hall–Kier alpha value is -2.33. The Morgan fingerprint density at radius 1 is 1.00 bits per heavy atom. The molecule has 1 aromatic heterocycles. The SMILES string of the molecule is Cl.Nc1cccc(-c2n[nH]c(=O)c3ccccc23)c1. The lowest BCUT2D eigenvalue weighted by atomic mass is 10.0. The molecular formula is C14H12ClN3O. The summed E-state index contributed by atoms with van der Waals surface area (Å²) in [5.74, 6) is 0. The van der Waals surface area contributed by atoms with Crippen molar-refractivity contribution >= 4 is 28.9 Å². The first-order valence-electron chi connectivity index (χ1n) is 5.59. The van der Waals surface area contributed by atoms with E-state index in [0.717, 1.165) is 16.6 Å². The van der Waals surface area contributed by atoms with Crippen LogP contribution < -0.4 is 11.3 Å². The number of nitrogens with one attached hydrogen (secondary N) is 1. The molecule has 5 heteroatoms. The molecule has 0 bridgehead atoms. The number of nitrogens with two attached hydrogens (primary N) is 1. The molecule has 0 unspecified atom stereocenters. The van der Waals surface area contributed by atoms with E-state index in [2.05, 4.69) is 10.2 Å². The van der Waals surface area contributed by atoms with Crippen molar-refractivity contribution in [2.24, 2.45) is 0 Å². The van der Waals surface area contributed by atoms with Gasteiger partial charge < -0.3 is 5.73 Å². The average molecular weight is 274 g/mol. The lowest BCUT2D eigenvalue weighted by molar-refractivity contribution is 1.02. The van der Waals surface area contributed by atoms with Gasteiger partial charge in [-0.15, -0.1) is 12.4 Å². The lowest BCUT2D eigenvalue weighted by Gasteiger charge is -2.05. The standard InChI is InChI=1S/C14H11N3O.ClH/c15-10-5-3-4-9(8-10)13-11-6-1-2-7-12(11)14(18)17-16-13;/h1-8H,15H2,(H,17,18);1H. The smallest absolute Gasteiger partial charge is 0.272 e. The van der Waals surface area contributed by atoms with Gasteiger partial charge in [0.25, 0.3) is 5.56 Å². The van der Waals surface area contributed by atoms with Gasteiger partial charge in [0.15, 0.2) is 0 Å². The van der Waals surface area contributed by atoms with Crippen LogP contribution in [0.25, 0.3) is 22.0 Å². The predicted molar refractivity (Wildman–Crippen MR) is 79.5 cm³/mol. The van der Waals surface area contributed by atoms with Crippen LogP contribution in [0.5, 0.6) is 0 Å². The molecule has 3 aromatic rings. The van der Waals surface area contributed by atoms with Crippen LogP contribution in [-0.4, -0.2) is 10.2 Å². The van der Waals surface area contributed by atoms with Gasteiger partial charge in [-0.2, -0.15) is 5.10 Å². The molecule has 3 rings (SSSR count). The van der Waals surface area contributed by atoms with Crippen LogP contribution >= 0.6 is 12.4 Å². The molecule has 0 spiro atoms. The summed E-state index contributed by atoms with van der Waals surface area (Å²) in [6.07, 6.45) is 0. The highest BCUT2D eigenvalue weighted by molar-refractivity contribution is 5.93. The first-order chi connectivity index (χ1) is 8.75. The molecule has 3 N–H and O–H groups in total. The van der Waals surface area contributed by atoms with Crippen LogP contribution in [0.4, 0.5) is 5.69 Å². The Bertz CT molecular complexity index is 783. The van der Waals surface area contributed by atoms with Crippen LogP contribution in [0.1, 0.15) is 0 Å². The summed E-state index contributed by atoms with van der Waals surface area (Å²) in [7, 11) is 0. The minimum absolute atomic E-state index is 0. The maximum Gasteiger partial charge on any atom is 0.272 e. The van der Waals surface area contributed by atoms with Crippen LogP contribution in [0.2, 0.25) is 0 Å². The van der Waals surface area contributed by atoms with Gasteiger partial charge >= 0.3 is 0 Å². The molecule has 0 radical (unpaired) electrons. The van der Waals surface area contributed by atoms with Crippen LogP contribution in [0.15, 0.2) is 53.3 Å². The second-order valence-corrected chi connectivity index (χ2v) is 4.07. The Morgan fingerprint density at radius 2 is 1.74 bits per heavy atom. The Morgan fingerprint density at radius 3 is 2.47 bits per heavy atom. The van der Waals surface area contributed by atoms with Crippen LogP contribution in [-0.2, 0) is 0 Å². The Balaban J connectivity index is 0.00000133. The number of nitrogen functional groups attached to an aromatic ring is 1. The Kier molecular flexibility index (Phi) is 3.53. The van der Waals surface area contributed by atoms with Crippen molar-refractivity contribution < 1.29 is 0 Å². The molecule has 19 heavy (non-hydrogen) atoms. The maximum atomic E-state index is 11.7. The highest BCUT2D eigenvalue weighted by Gasteiger charge is 2.07. The third kappa shape index (κ3) is 2.30. The highest BCUT2D eigenvalue weighted by atomic mass is 35.5. The van der Waals surface area contributed by atoms with Crippen molar-refractivity contribution in [3.8, 4) is 11.3 Å². The number of hydrogen-bond acceptors (Lipinski definition) is 3.